The fourth-order valence-corrected chi connectivity index (χ4v) is 5.18. The zero-order chi connectivity index (χ0) is 12.8. The molecule has 104 valence electrons. The zero-order valence-electron chi connectivity index (χ0n) is 11.6. The van der Waals surface area contributed by atoms with Gasteiger partial charge in [-0.05, 0) is 68.7 Å². The average Bonchev–Trinajstić information content (AvgIpc) is 2.81. The van der Waals surface area contributed by atoms with Gasteiger partial charge in [-0.1, -0.05) is 5.16 Å². The van der Waals surface area contributed by atoms with Gasteiger partial charge in [-0.3, -0.25) is 0 Å². The SMILES string of the molecule is CNCc1nc(CC2C3CC4CC(C3)CC2C4)no1. The lowest BCUT2D eigenvalue weighted by molar-refractivity contribution is -0.0368. The van der Waals surface area contributed by atoms with Crippen LogP contribution in [0.2, 0.25) is 0 Å². The molecule has 1 N–H and O–H groups in total. The molecule has 4 aliphatic rings. The van der Waals surface area contributed by atoms with Crippen molar-refractivity contribution in [3.63, 3.8) is 0 Å². The number of rotatable bonds is 4. The van der Waals surface area contributed by atoms with Crippen molar-refractivity contribution in [2.24, 2.45) is 29.6 Å². The lowest BCUT2D eigenvalue weighted by Gasteiger charge is -2.54. The minimum Gasteiger partial charge on any atom is -0.338 e. The van der Waals surface area contributed by atoms with Gasteiger partial charge >= 0.3 is 0 Å². The van der Waals surface area contributed by atoms with E-state index in [1.807, 2.05) is 7.05 Å². The summed E-state index contributed by atoms with van der Waals surface area (Å²) in [6, 6.07) is 0. The Kier molecular flexibility index (Phi) is 2.87. The highest BCUT2D eigenvalue weighted by Gasteiger charge is 2.48. The Morgan fingerprint density at radius 3 is 2.42 bits per heavy atom. The molecule has 4 nitrogen and oxygen atoms in total. The molecule has 1 heterocycles. The van der Waals surface area contributed by atoms with Crippen molar-refractivity contribution >= 4 is 0 Å². The molecular weight excluding hydrogens is 238 g/mol. The lowest BCUT2D eigenvalue weighted by Crippen LogP contribution is -2.45. The molecule has 0 saturated heterocycles. The second-order valence-electron chi connectivity index (χ2n) is 6.93. The molecule has 0 amide bonds. The normalized spacial score (nSPS) is 39.9. The van der Waals surface area contributed by atoms with Crippen LogP contribution in [0.4, 0.5) is 0 Å². The summed E-state index contributed by atoms with van der Waals surface area (Å²) in [5.41, 5.74) is 0. The van der Waals surface area contributed by atoms with Crippen LogP contribution in [-0.2, 0) is 13.0 Å². The molecule has 4 bridgehead atoms. The Balaban J connectivity index is 1.47. The van der Waals surface area contributed by atoms with Crippen molar-refractivity contribution in [2.45, 2.75) is 45.1 Å². The van der Waals surface area contributed by atoms with Crippen LogP contribution in [0.1, 0.15) is 43.8 Å². The highest BCUT2D eigenvalue weighted by atomic mass is 16.5. The van der Waals surface area contributed by atoms with Crippen molar-refractivity contribution in [3.05, 3.63) is 11.7 Å². The molecule has 0 aromatic carbocycles. The van der Waals surface area contributed by atoms with E-state index in [0.717, 1.165) is 47.7 Å². The minimum absolute atomic E-state index is 0.675. The molecule has 4 heteroatoms. The third-order valence-corrected chi connectivity index (χ3v) is 5.68. The van der Waals surface area contributed by atoms with Crippen LogP contribution < -0.4 is 5.32 Å². The molecule has 4 fully saturated rings. The topological polar surface area (TPSA) is 51.0 Å². The molecule has 0 unspecified atom stereocenters. The van der Waals surface area contributed by atoms with Gasteiger partial charge in [0, 0.05) is 6.42 Å². The maximum absolute atomic E-state index is 5.28. The van der Waals surface area contributed by atoms with E-state index in [0.29, 0.717) is 6.54 Å². The molecule has 1 aromatic heterocycles. The summed E-state index contributed by atoms with van der Waals surface area (Å²) in [6.45, 7) is 0.675. The largest absolute Gasteiger partial charge is 0.338 e. The van der Waals surface area contributed by atoms with Gasteiger partial charge in [0.1, 0.15) is 0 Å². The van der Waals surface area contributed by atoms with Gasteiger partial charge in [-0.15, -0.1) is 0 Å². The molecule has 0 atom stereocenters. The van der Waals surface area contributed by atoms with Crippen LogP contribution in [0.15, 0.2) is 4.52 Å². The number of hydrogen-bond donors (Lipinski definition) is 1. The summed E-state index contributed by atoms with van der Waals surface area (Å²) in [4.78, 5) is 4.51. The van der Waals surface area contributed by atoms with Gasteiger partial charge in [0.15, 0.2) is 5.82 Å². The Morgan fingerprint density at radius 2 is 1.79 bits per heavy atom. The van der Waals surface area contributed by atoms with Gasteiger partial charge in [0.2, 0.25) is 5.89 Å². The van der Waals surface area contributed by atoms with E-state index in [9.17, 15) is 0 Å². The Labute approximate surface area is 114 Å². The van der Waals surface area contributed by atoms with Crippen LogP contribution in [0.25, 0.3) is 0 Å². The third-order valence-electron chi connectivity index (χ3n) is 5.68. The molecule has 0 radical (unpaired) electrons. The van der Waals surface area contributed by atoms with Gasteiger partial charge in [-0.2, -0.15) is 4.98 Å². The van der Waals surface area contributed by atoms with Crippen molar-refractivity contribution in [2.75, 3.05) is 7.05 Å². The summed E-state index contributed by atoms with van der Waals surface area (Å²) in [6.07, 6.45) is 8.45. The first-order valence-electron chi connectivity index (χ1n) is 7.78. The fourth-order valence-electron chi connectivity index (χ4n) is 5.18. The first-order valence-corrected chi connectivity index (χ1v) is 7.78. The molecule has 4 aliphatic carbocycles. The fraction of sp³-hybridized carbons (Fsp3) is 0.867. The quantitative estimate of drug-likeness (QED) is 0.904. The van der Waals surface area contributed by atoms with Crippen molar-refractivity contribution in [3.8, 4) is 0 Å². The van der Waals surface area contributed by atoms with Crippen molar-refractivity contribution in [1.82, 2.24) is 15.5 Å². The molecule has 0 spiro atoms. The standard InChI is InChI=1S/C15H23N3O/c1-16-8-15-17-14(18-19-15)7-13-11-3-9-2-10(5-11)6-12(13)4-9/h9-13,16H,2-8H2,1H3. The maximum atomic E-state index is 5.28. The van der Waals surface area contributed by atoms with Crippen LogP contribution >= 0.6 is 0 Å². The van der Waals surface area contributed by atoms with Crippen LogP contribution in [-0.4, -0.2) is 17.2 Å². The van der Waals surface area contributed by atoms with E-state index in [2.05, 4.69) is 15.5 Å². The molecule has 1 aromatic rings. The smallest absolute Gasteiger partial charge is 0.240 e. The van der Waals surface area contributed by atoms with Crippen LogP contribution in [0.3, 0.4) is 0 Å². The summed E-state index contributed by atoms with van der Waals surface area (Å²) in [5.74, 6) is 6.47. The Morgan fingerprint density at radius 1 is 1.11 bits per heavy atom. The first-order chi connectivity index (χ1) is 9.31. The number of nitrogens with one attached hydrogen (secondary N) is 1. The molecular formula is C15H23N3O. The van der Waals surface area contributed by atoms with E-state index in [-0.39, 0.29) is 0 Å². The predicted octanol–water partition coefficient (Wildman–Crippen LogP) is 2.40. The molecule has 5 rings (SSSR count). The maximum Gasteiger partial charge on any atom is 0.240 e. The van der Waals surface area contributed by atoms with Crippen molar-refractivity contribution in [1.29, 1.82) is 0 Å². The summed E-state index contributed by atoms with van der Waals surface area (Å²) < 4.78 is 5.28. The van der Waals surface area contributed by atoms with Gasteiger partial charge < -0.3 is 9.84 Å². The second kappa shape index (κ2) is 4.58. The number of nitrogens with zero attached hydrogens (tertiary/aromatic N) is 2. The van der Waals surface area contributed by atoms with E-state index in [1.165, 1.54) is 32.1 Å². The zero-order valence-corrected chi connectivity index (χ0v) is 11.6. The van der Waals surface area contributed by atoms with Gasteiger partial charge in [0.25, 0.3) is 0 Å². The highest BCUT2D eigenvalue weighted by molar-refractivity contribution is 5.01. The summed E-state index contributed by atoms with van der Waals surface area (Å²) in [7, 11) is 1.90. The molecule has 19 heavy (non-hydrogen) atoms. The van der Waals surface area contributed by atoms with Gasteiger partial charge in [0.05, 0.1) is 6.54 Å². The van der Waals surface area contributed by atoms with Crippen LogP contribution in [0, 0.1) is 29.6 Å². The molecule has 4 saturated carbocycles. The van der Waals surface area contributed by atoms with Gasteiger partial charge in [-0.25, -0.2) is 0 Å². The van der Waals surface area contributed by atoms with Crippen molar-refractivity contribution < 1.29 is 4.52 Å². The number of hydrogen-bond acceptors (Lipinski definition) is 4. The summed E-state index contributed by atoms with van der Waals surface area (Å²) in [5, 5.41) is 7.22. The minimum atomic E-state index is 0.675. The lowest BCUT2D eigenvalue weighted by atomic mass is 9.51. The predicted molar refractivity (Wildman–Crippen MR) is 71.3 cm³/mol. The Bertz CT molecular complexity index is 428. The average molecular weight is 261 g/mol. The monoisotopic (exact) mass is 261 g/mol. The highest BCUT2D eigenvalue weighted by Crippen LogP contribution is 2.57. The first kappa shape index (κ1) is 11.9. The van der Waals surface area contributed by atoms with E-state index >= 15 is 0 Å². The molecule has 0 aliphatic heterocycles. The van der Waals surface area contributed by atoms with E-state index in [1.54, 1.807) is 0 Å². The van der Waals surface area contributed by atoms with E-state index < -0.39 is 0 Å². The third kappa shape index (κ3) is 2.10. The van der Waals surface area contributed by atoms with Crippen LogP contribution in [0.5, 0.6) is 0 Å². The van der Waals surface area contributed by atoms with E-state index in [4.69, 9.17) is 4.52 Å². The second-order valence-corrected chi connectivity index (χ2v) is 6.93. The number of aromatic nitrogens is 2. The Hall–Kier alpha value is -0.900. The summed E-state index contributed by atoms with van der Waals surface area (Å²) >= 11 is 0.